The number of nitrogens with zero attached hydrogens (tertiary/aromatic N) is 3. The number of hydrazone groups is 1. The standard InChI is InChI=1S/C15H16F3N3O4/c1-13(2,3)14(23)8-11(15(16,17)18)19-20(14)12(22)9-4-6-10(7-5-9)21(24)25/h4-7,23H,8H2,1-3H3. The summed E-state index contributed by atoms with van der Waals surface area (Å²) in [6.07, 6.45) is -5.65. The Hall–Kier alpha value is -2.49. The first-order valence-electron chi connectivity index (χ1n) is 7.23. The number of carbonyl (C=O) groups is 1. The van der Waals surface area contributed by atoms with E-state index in [0.29, 0.717) is 5.01 Å². The third-order valence-corrected chi connectivity index (χ3v) is 4.03. The van der Waals surface area contributed by atoms with Gasteiger partial charge < -0.3 is 5.11 Å². The minimum absolute atomic E-state index is 0.125. The zero-order chi connectivity index (χ0) is 19.2. The lowest BCUT2D eigenvalue weighted by Crippen LogP contribution is -2.55. The number of hydrogen-bond donors (Lipinski definition) is 1. The SMILES string of the molecule is CC(C)(C)C1(O)CC(C(F)(F)F)=NN1C(=O)c1ccc([N+](=O)[O-])cc1. The number of halogens is 3. The molecular formula is C15H16F3N3O4. The molecule has 1 aromatic carbocycles. The molecule has 0 radical (unpaired) electrons. The number of nitro benzene ring substituents is 1. The van der Waals surface area contributed by atoms with Crippen molar-refractivity contribution in [2.45, 2.75) is 39.1 Å². The average Bonchev–Trinajstić information content (AvgIpc) is 2.85. The van der Waals surface area contributed by atoms with Gasteiger partial charge in [0.15, 0.2) is 5.72 Å². The van der Waals surface area contributed by atoms with E-state index in [0.717, 1.165) is 24.3 Å². The number of nitro groups is 1. The molecule has 1 amide bonds. The molecular weight excluding hydrogens is 343 g/mol. The molecule has 0 spiro atoms. The van der Waals surface area contributed by atoms with Crippen LogP contribution in [0.25, 0.3) is 0 Å². The summed E-state index contributed by atoms with van der Waals surface area (Å²) in [5.74, 6) is -0.980. The second-order valence-electron chi connectivity index (χ2n) is 6.71. The maximum atomic E-state index is 13.0. The topological polar surface area (TPSA) is 96.0 Å². The van der Waals surface area contributed by atoms with Crippen LogP contribution in [0, 0.1) is 15.5 Å². The fraction of sp³-hybridized carbons (Fsp3) is 0.467. The summed E-state index contributed by atoms with van der Waals surface area (Å²) < 4.78 is 39.1. The van der Waals surface area contributed by atoms with E-state index < -0.39 is 40.3 Å². The molecule has 2 rings (SSSR count). The van der Waals surface area contributed by atoms with Crippen molar-refractivity contribution in [3.8, 4) is 0 Å². The van der Waals surface area contributed by atoms with Gasteiger partial charge in [-0.05, 0) is 12.1 Å². The maximum absolute atomic E-state index is 13.0. The number of hydrogen-bond acceptors (Lipinski definition) is 5. The summed E-state index contributed by atoms with van der Waals surface area (Å²) in [7, 11) is 0. The lowest BCUT2D eigenvalue weighted by molar-refractivity contribution is -0.384. The first-order valence-corrected chi connectivity index (χ1v) is 7.23. The number of alkyl halides is 3. The molecule has 1 unspecified atom stereocenters. The molecule has 7 nitrogen and oxygen atoms in total. The highest BCUT2D eigenvalue weighted by atomic mass is 19.4. The van der Waals surface area contributed by atoms with Crippen molar-refractivity contribution in [3.63, 3.8) is 0 Å². The van der Waals surface area contributed by atoms with Crippen molar-refractivity contribution in [3.05, 3.63) is 39.9 Å². The quantitative estimate of drug-likeness (QED) is 0.648. The van der Waals surface area contributed by atoms with Gasteiger partial charge in [-0.15, -0.1) is 0 Å². The molecule has 0 bridgehead atoms. The summed E-state index contributed by atoms with van der Waals surface area (Å²) in [4.78, 5) is 22.6. The molecule has 1 aliphatic rings. The molecule has 0 fully saturated rings. The highest BCUT2D eigenvalue weighted by Crippen LogP contribution is 2.44. The minimum Gasteiger partial charge on any atom is -0.368 e. The average molecular weight is 359 g/mol. The second kappa shape index (κ2) is 5.80. The normalized spacial score (nSPS) is 21.2. The van der Waals surface area contributed by atoms with Crippen LogP contribution >= 0.6 is 0 Å². The maximum Gasteiger partial charge on any atom is 0.431 e. The number of non-ortho nitro benzene ring substituents is 1. The third kappa shape index (κ3) is 3.34. The number of aliphatic hydroxyl groups is 1. The summed E-state index contributed by atoms with van der Waals surface area (Å²) >= 11 is 0. The first-order chi connectivity index (χ1) is 11.3. The van der Waals surface area contributed by atoms with E-state index in [9.17, 15) is 33.2 Å². The van der Waals surface area contributed by atoms with Gasteiger partial charge in [0.1, 0.15) is 5.71 Å². The Morgan fingerprint density at radius 1 is 1.28 bits per heavy atom. The zero-order valence-corrected chi connectivity index (χ0v) is 13.7. The lowest BCUT2D eigenvalue weighted by Gasteiger charge is -2.41. The van der Waals surface area contributed by atoms with Crippen LogP contribution in [-0.2, 0) is 0 Å². The number of rotatable bonds is 2. The van der Waals surface area contributed by atoms with Crippen LogP contribution in [0.2, 0.25) is 0 Å². The highest BCUT2D eigenvalue weighted by Gasteiger charge is 2.57. The number of amides is 1. The van der Waals surface area contributed by atoms with E-state index in [1.165, 1.54) is 20.8 Å². The van der Waals surface area contributed by atoms with Crippen molar-refractivity contribution in [1.82, 2.24) is 5.01 Å². The van der Waals surface area contributed by atoms with E-state index in [-0.39, 0.29) is 11.3 Å². The summed E-state index contributed by atoms with van der Waals surface area (Å²) in [5.41, 5.74) is -4.97. The molecule has 1 atom stereocenters. The fourth-order valence-corrected chi connectivity index (χ4v) is 2.35. The Balaban J connectivity index is 2.46. The molecule has 1 N–H and O–H groups in total. The van der Waals surface area contributed by atoms with Gasteiger partial charge in [0.25, 0.3) is 11.6 Å². The third-order valence-electron chi connectivity index (χ3n) is 4.03. The summed E-state index contributed by atoms with van der Waals surface area (Å²) in [6, 6.07) is 4.30. The van der Waals surface area contributed by atoms with E-state index in [1.807, 2.05) is 0 Å². The molecule has 0 aromatic heterocycles. The fourth-order valence-electron chi connectivity index (χ4n) is 2.35. The van der Waals surface area contributed by atoms with E-state index in [1.54, 1.807) is 0 Å². The van der Waals surface area contributed by atoms with Crippen LogP contribution in [0.3, 0.4) is 0 Å². The Kier molecular flexibility index (Phi) is 4.37. The molecule has 0 aliphatic carbocycles. The van der Waals surface area contributed by atoms with Gasteiger partial charge in [0.2, 0.25) is 0 Å². The van der Waals surface area contributed by atoms with Crippen LogP contribution in [0.15, 0.2) is 29.4 Å². The Bertz CT molecular complexity index is 738. The van der Waals surface area contributed by atoms with E-state index in [2.05, 4.69) is 5.10 Å². The van der Waals surface area contributed by atoms with Crippen LogP contribution in [0.4, 0.5) is 18.9 Å². The Labute approximate surface area is 140 Å². The Morgan fingerprint density at radius 3 is 2.20 bits per heavy atom. The lowest BCUT2D eigenvalue weighted by atomic mass is 9.80. The molecule has 136 valence electrons. The summed E-state index contributed by atoms with van der Waals surface area (Å²) in [6.45, 7) is 4.45. The van der Waals surface area contributed by atoms with Gasteiger partial charge in [-0.2, -0.15) is 23.3 Å². The van der Waals surface area contributed by atoms with Crippen LogP contribution < -0.4 is 0 Å². The molecule has 1 aromatic rings. The van der Waals surface area contributed by atoms with Gasteiger partial charge in [-0.1, -0.05) is 20.8 Å². The predicted octanol–water partition coefficient (Wildman–Crippen LogP) is 3.09. The minimum atomic E-state index is -4.79. The molecule has 0 saturated heterocycles. The number of carbonyl (C=O) groups excluding carboxylic acids is 1. The Morgan fingerprint density at radius 2 is 1.80 bits per heavy atom. The summed E-state index contributed by atoms with van der Waals surface area (Å²) in [5, 5.41) is 25.1. The van der Waals surface area contributed by atoms with Crippen molar-refractivity contribution >= 4 is 17.3 Å². The van der Waals surface area contributed by atoms with E-state index in [4.69, 9.17) is 0 Å². The van der Waals surface area contributed by atoms with Gasteiger partial charge >= 0.3 is 6.18 Å². The molecule has 25 heavy (non-hydrogen) atoms. The first kappa shape index (κ1) is 18.8. The van der Waals surface area contributed by atoms with Crippen molar-refractivity contribution < 1.29 is 28.0 Å². The molecule has 0 saturated carbocycles. The predicted molar refractivity (Wildman–Crippen MR) is 81.8 cm³/mol. The zero-order valence-electron chi connectivity index (χ0n) is 13.7. The van der Waals surface area contributed by atoms with Crippen molar-refractivity contribution in [1.29, 1.82) is 0 Å². The largest absolute Gasteiger partial charge is 0.431 e. The van der Waals surface area contributed by atoms with Crippen LogP contribution in [-0.4, -0.2) is 38.6 Å². The van der Waals surface area contributed by atoms with Gasteiger partial charge in [-0.25, -0.2) is 0 Å². The number of benzene rings is 1. The molecule has 1 heterocycles. The second-order valence-corrected chi connectivity index (χ2v) is 6.71. The van der Waals surface area contributed by atoms with Crippen molar-refractivity contribution in [2.24, 2.45) is 10.5 Å². The van der Waals surface area contributed by atoms with Gasteiger partial charge in [-0.3, -0.25) is 14.9 Å². The van der Waals surface area contributed by atoms with E-state index >= 15 is 0 Å². The highest BCUT2D eigenvalue weighted by molar-refractivity contribution is 5.99. The van der Waals surface area contributed by atoms with Crippen LogP contribution in [0.1, 0.15) is 37.6 Å². The molecule has 1 aliphatic heterocycles. The van der Waals surface area contributed by atoms with Gasteiger partial charge in [0, 0.05) is 29.5 Å². The smallest absolute Gasteiger partial charge is 0.368 e. The van der Waals surface area contributed by atoms with Crippen molar-refractivity contribution in [2.75, 3.05) is 0 Å². The van der Waals surface area contributed by atoms with Crippen LogP contribution in [0.5, 0.6) is 0 Å². The van der Waals surface area contributed by atoms with Gasteiger partial charge in [0.05, 0.1) is 4.92 Å². The molecule has 10 heteroatoms. The monoisotopic (exact) mass is 359 g/mol.